The van der Waals surface area contributed by atoms with Gasteiger partial charge in [0, 0.05) is 29.1 Å². The number of nitrogens with zero attached hydrogens (tertiary/aromatic N) is 1. The molecular formula is C26H24N2O2S. The minimum Gasteiger partial charge on any atom is -0.349 e. The molecule has 2 aliphatic rings. The van der Waals surface area contributed by atoms with E-state index in [9.17, 15) is 9.59 Å². The molecule has 1 aliphatic carbocycles. The van der Waals surface area contributed by atoms with Crippen molar-refractivity contribution >= 4 is 29.2 Å². The number of amides is 2. The molecule has 5 rings (SSSR count). The van der Waals surface area contributed by atoms with Gasteiger partial charge < -0.3 is 10.2 Å². The summed E-state index contributed by atoms with van der Waals surface area (Å²) in [6.45, 7) is 0.705. The Morgan fingerprint density at radius 3 is 2.52 bits per heavy atom. The van der Waals surface area contributed by atoms with Gasteiger partial charge in [-0.15, -0.1) is 11.3 Å². The second kappa shape index (κ2) is 8.52. The number of fused-ring (bicyclic) bond motifs is 1. The van der Waals surface area contributed by atoms with Crippen LogP contribution in [0.3, 0.4) is 0 Å². The molecule has 1 unspecified atom stereocenters. The van der Waals surface area contributed by atoms with Gasteiger partial charge in [-0.25, -0.2) is 0 Å². The van der Waals surface area contributed by atoms with Gasteiger partial charge in [0.05, 0.1) is 6.04 Å². The van der Waals surface area contributed by atoms with E-state index < -0.39 is 0 Å². The monoisotopic (exact) mass is 428 g/mol. The third-order valence-corrected chi connectivity index (χ3v) is 6.86. The lowest BCUT2D eigenvalue weighted by molar-refractivity contribution is -0.127. The Morgan fingerprint density at radius 1 is 1.00 bits per heavy atom. The summed E-state index contributed by atoms with van der Waals surface area (Å²) in [5.74, 6) is -0.0269. The van der Waals surface area contributed by atoms with E-state index in [1.54, 1.807) is 17.4 Å². The maximum atomic E-state index is 13.2. The Labute approximate surface area is 186 Å². The van der Waals surface area contributed by atoms with Crippen molar-refractivity contribution in [3.63, 3.8) is 0 Å². The Bertz CT molecular complexity index is 1110. The van der Waals surface area contributed by atoms with Crippen molar-refractivity contribution in [1.82, 2.24) is 10.2 Å². The van der Waals surface area contributed by atoms with E-state index in [-0.39, 0.29) is 17.9 Å². The molecule has 5 heteroatoms. The summed E-state index contributed by atoms with van der Waals surface area (Å²) in [7, 11) is 0. The minimum absolute atomic E-state index is 0.00116. The van der Waals surface area contributed by atoms with Crippen LogP contribution >= 0.6 is 11.3 Å². The maximum Gasteiger partial charge on any atom is 0.251 e. The molecule has 0 radical (unpaired) electrons. The van der Waals surface area contributed by atoms with Gasteiger partial charge in [-0.05, 0) is 65.6 Å². The number of hydrogen-bond donors (Lipinski definition) is 1. The summed E-state index contributed by atoms with van der Waals surface area (Å²) in [5.41, 5.74) is 3.92. The number of hydrogen-bond acceptors (Lipinski definition) is 3. The normalized spacial score (nSPS) is 18.1. The number of carbonyl (C=O) groups excluding carboxylic acids is 2. The van der Waals surface area contributed by atoms with E-state index in [2.05, 4.69) is 28.9 Å². The highest BCUT2D eigenvalue weighted by Gasteiger charge is 2.31. The number of rotatable bonds is 5. The predicted molar refractivity (Wildman–Crippen MR) is 124 cm³/mol. The molecule has 1 N–H and O–H groups in total. The molecule has 1 aromatic heterocycles. The van der Waals surface area contributed by atoms with Gasteiger partial charge in [0.1, 0.15) is 0 Å². The predicted octanol–water partition coefficient (Wildman–Crippen LogP) is 4.83. The second-order valence-corrected chi connectivity index (χ2v) is 9.10. The van der Waals surface area contributed by atoms with Gasteiger partial charge in [0.25, 0.3) is 5.91 Å². The third kappa shape index (κ3) is 4.32. The molecule has 1 atom stereocenters. The van der Waals surface area contributed by atoms with Crippen molar-refractivity contribution in [2.75, 3.05) is 6.54 Å². The summed E-state index contributed by atoms with van der Waals surface area (Å²) in [5, 5.41) is 5.11. The quantitative estimate of drug-likeness (QED) is 0.592. The van der Waals surface area contributed by atoms with Crippen LogP contribution in [0.15, 0.2) is 72.1 Å². The lowest BCUT2D eigenvalue weighted by atomic mass is 9.93. The minimum atomic E-state index is -0.0538. The summed E-state index contributed by atoms with van der Waals surface area (Å²) in [6.07, 6.45) is 6.51. The SMILES string of the molecule is O=C(NC1CC1)c1ccc(/C=C/C(=O)N2CCc3sccc3C2c2ccccc2)cc1. The highest BCUT2D eigenvalue weighted by atomic mass is 32.1. The van der Waals surface area contributed by atoms with Gasteiger partial charge >= 0.3 is 0 Å². The van der Waals surface area contributed by atoms with Crippen LogP contribution in [0.25, 0.3) is 6.08 Å². The van der Waals surface area contributed by atoms with Gasteiger partial charge in [-0.3, -0.25) is 9.59 Å². The zero-order valence-electron chi connectivity index (χ0n) is 17.2. The Balaban J connectivity index is 1.33. The standard InChI is InChI=1S/C26H24N2O2S/c29-24(13-8-18-6-9-20(10-7-18)26(30)27-21-11-12-21)28-16-14-23-22(15-17-31-23)25(28)19-4-2-1-3-5-19/h1-10,13,15,17,21,25H,11-12,14,16H2,(H,27,30)/b13-8+. The topological polar surface area (TPSA) is 49.4 Å². The van der Waals surface area contributed by atoms with E-state index in [1.165, 1.54) is 10.4 Å². The maximum absolute atomic E-state index is 13.2. The number of nitrogens with one attached hydrogen (secondary N) is 1. The molecule has 4 nitrogen and oxygen atoms in total. The zero-order chi connectivity index (χ0) is 21.2. The van der Waals surface area contributed by atoms with Crippen LogP contribution in [0.4, 0.5) is 0 Å². The molecule has 1 fully saturated rings. The van der Waals surface area contributed by atoms with E-state index in [4.69, 9.17) is 0 Å². The average Bonchev–Trinajstić information content (AvgIpc) is 3.49. The highest BCUT2D eigenvalue weighted by molar-refractivity contribution is 7.10. The molecule has 3 aromatic rings. The van der Waals surface area contributed by atoms with Crippen molar-refractivity contribution in [1.29, 1.82) is 0 Å². The number of carbonyl (C=O) groups is 2. The molecule has 1 saturated carbocycles. The van der Waals surface area contributed by atoms with Gasteiger partial charge in [-0.2, -0.15) is 0 Å². The van der Waals surface area contributed by atoms with Gasteiger partial charge in [0.15, 0.2) is 0 Å². The Kier molecular flexibility index (Phi) is 5.43. The Hall–Kier alpha value is -3.18. The lowest BCUT2D eigenvalue weighted by Gasteiger charge is -2.35. The van der Waals surface area contributed by atoms with E-state index in [0.29, 0.717) is 18.2 Å². The van der Waals surface area contributed by atoms with Crippen molar-refractivity contribution in [2.24, 2.45) is 0 Å². The molecular weight excluding hydrogens is 404 g/mol. The zero-order valence-corrected chi connectivity index (χ0v) is 18.0. The first-order valence-electron chi connectivity index (χ1n) is 10.7. The first-order valence-corrected chi connectivity index (χ1v) is 11.6. The largest absolute Gasteiger partial charge is 0.349 e. The average molecular weight is 429 g/mol. The first-order chi connectivity index (χ1) is 15.2. The molecule has 156 valence electrons. The molecule has 31 heavy (non-hydrogen) atoms. The van der Waals surface area contributed by atoms with Crippen LogP contribution in [0, 0.1) is 0 Å². The van der Waals surface area contributed by atoms with Crippen LogP contribution in [0.1, 0.15) is 50.8 Å². The van der Waals surface area contributed by atoms with E-state index >= 15 is 0 Å². The highest BCUT2D eigenvalue weighted by Crippen LogP contribution is 2.37. The molecule has 2 amide bonds. The summed E-state index contributed by atoms with van der Waals surface area (Å²) < 4.78 is 0. The summed E-state index contributed by atoms with van der Waals surface area (Å²) in [6, 6.07) is 20.1. The van der Waals surface area contributed by atoms with Crippen LogP contribution in [0.5, 0.6) is 0 Å². The van der Waals surface area contributed by atoms with Crippen molar-refractivity contribution in [3.8, 4) is 0 Å². The van der Waals surface area contributed by atoms with Crippen molar-refractivity contribution < 1.29 is 9.59 Å². The fourth-order valence-electron chi connectivity index (χ4n) is 4.05. The number of thiophene rings is 1. The molecule has 2 heterocycles. The van der Waals surface area contributed by atoms with Crippen LogP contribution < -0.4 is 5.32 Å². The van der Waals surface area contributed by atoms with Crippen molar-refractivity contribution in [3.05, 3.63) is 99.3 Å². The van der Waals surface area contributed by atoms with Crippen LogP contribution in [-0.4, -0.2) is 29.3 Å². The van der Waals surface area contributed by atoms with E-state index in [1.807, 2.05) is 53.4 Å². The fourth-order valence-corrected chi connectivity index (χ4v) is 4.96. The van der Waals surface area contributed by atoms with E-state index in [0.717, 1.165) is 30.4 Å². The molecule has 2 aromatic carbocycles. The third-order valence-electron chi connectivity index (χ3n) is 5.87. The molecule has 0 saturated heterocycles. The molecule has 0 spiro atoms. The van der Waals surface area contributed by atoms with Gasteiger partial charge in [-0.1, -0.05) is 42.5 Å². The summed E-state index contributed by atoms with van der Waals surface area (Å²) in [4.78, 5) is 28.6. The molecule has 1 aliphatic heterocycles. The smallest absolute Gasteiger partial charge is 0.251 e. The summed E-state index contributed by atoms with van der Waals surface area (Å²) >= 11 is 1.77. The molecule has 0 bridgehead atoms. The van der Waals surface area contributed by atoms with Crippen molar-refractivity contribution in [2.45, 2.75) is 31.3 Å². The van der Waals surface area contributed by atoms with Gasteiger partial charge in [0.2, 0.25) is 5.91 Å². The first kappa shape index (κ1) is 19.8. The fraction of sp³-hybridized carbons (Fsp3) is 0.231. The number of benzene rings is 2. The second-order valence-electron chi connectivity index (χ2n) is 8.10. The van der Waals surface area contributed by atoms with Crippen LogP contribution in [-0.2, 0) is 11.2 Å². The Morgan fingerprint density at radius 2 is 1.77 bits per heavy atom. The lowest BCUT2D eigenvalue weighted by Crippen LogP contribution is -2.39. The van der Waals surface area contributed by atoms with Crippen LogP contribution in [0.2, 0.25) is 0 Å².